The van der Waals surface area contributed by atoms with Crippen LogP contribution in [0.3, 0.4) is 0 Å². The van der Waals surface area contributed by atoms with E-state index in [0.717, 1.165) is 11.3 Å². The van der Waals surface area contributed by atoms with Crippen LogP contribution in [-0.2, 0) is 11.2 Å². The third-order valence-electron chi connectivity index (χ3n) is 2.43. The Morgan fingerprint density at radius 2 is 1.95 bits per heavy atom. The van der Waals surface area contributed by atoms with Gasteiger partial charge in [-0.25, -0.2) is 4.79 Å². The highest BCUT2D eigenvalue weighted by Gasteiger charge is 2.16. The van der Waals surface area contributed by atoms with E-state index in [9.17, 15) is 4.79 Å². The number of amides is 1. The van der Waals surface area contributed by atoms with E-state index in [-0.39, 0.29) is 0 Å². The molecule has 0 atom stereocenters. The van der Waals surface area contributed by atoms with Gasteiger partial charge in [-0.05, 0) is 32.8 Å². The number of hydrogen-bond acceptors (Lipinski definition) is 2. The second-order valence-electron chi connectivity index (χ2n) is 5.54. The minimum absolute atomic E-state index is 0.427. The lowest BCUT2D eigenvalue weighted by Gasteiger charge is -2.20. The van der Waals surface area contributed by atoms with E-state index in [0.29, 0.717) is 12.8 Å². The average Bonchev–Trinajstić information content (AvgIpc) is 2.35. The molecule has 0 spiro atoms. The van der Waals surface area contributed by atoms with Crippen LogP contribution in [0.15, 0.2) is 54.8 Å². The van der Waals surface area contributed by atoms with Crippen molar-refractivity contribution in [1.29, 1.82) is 0 Å². The van der Waals surface area contributed by atoms with Gasteiger partial charge >= 0.3 is 6.09 Å². The van der Waals surface area contributed by atoms with Crippen LogP contribution in [0, 0.1) is 0 Å². The topological polar surface area (TPSA) is 38.3 Å². The summed E-state index contributed by atoms with van der Waals surface area (Å²) < 4.78 is 5.27. The minimum atomic E-state index is -0.500. The molecule has 108 valence electrons. The summed E-state index contributed by atoms with van der Waals surface area (Å²) in [5.41, 5.74) is 1.46. The quantitative estimate of drug-likeness (QED) is 0.816. The molecule has 0 saturated carbocycles. The normalized spacial score (nSPS) is 11.8. The average molecular weight is 273 g/mol. The number of carbonyl (C=O) groups is 1. The molecule has 0 aliphatic heterocycles. The van der Waals surface area contributed by atoms with Gasteiger partial charge < -0.3 is 4.74 Å². The molecule has 1 amide bonds. The Morgan fingerprint density at radius 1 is 1.30 bits per heavy atom. The molecule has 1 aromatic rings. The summed E-state index contributed by atoms with van der Waals surface area (Å²) in [5, 5.41) is 2.81. The van der Waals surface area contributed by atoms with Crippen LogP contribution in [0.25, 0.3) is 0 Å². The first kappa shape index (κ1) is 16.0. The fourth-order valence-electron chi connectivity index (χ4n) is 1.64. The van der Waals surface area contributed by atoms with E-state index in [1.807, 2.05) is 57.2 Å². The maximum absolute atomic E-state index is 11.8. The molecule has 0 radical (unpaired) electrons. The van der Waals surface area contributed by atoms with Crippen LogP contribution in [0.1, 0.15) is 32.8 Å². The van der Waals surface area contributed by atoms with Gasteiger partial charge in [-0.15, -0.1) is 6.58 Å². The zero-order chi connectivity index (χ0) is 15.0. The highest BCUT2D eigenvalue weighted by molar-refractivity contribution is 5.70. The number of allylic oxidation sites excluding steroid dienone is 3. The monoisotopic (exact) mass is 273 g/mol. The van der Waals surface area contributed by atoms with Crippen molar-refractivity contribution in [1.82, 2.24) is 5.32 Å². The van der Waals surface area contributed by atoms with Crippen molar-refractivity contribution in [2.75, 3.05) is 0 Å². The lowest BCUT2D eigenvalue weighted by molar-refractivity contribution is 0.0544. The first-order valence-electron chi connectivity index (χ1n) is 6.74. The van der Waals surface area contributed by atoms with Gasteiger partial charge in [-0.3, -0.25) is 5.32 Å². The SMILES string of the molecule is C=CC/C=C(\Cc1ccccc1)NC(=O)OC(C)(C)C. The summed E-state index contributed by atoms with van der Waals surface area (Å²) in [6.07, 6.45) is 4.68. The molecule has 1 aromatic carbocycles. The molecule has 0 aromatic heterocycles. The van der Waals surface area contributed by atoms with Crippen molar-refractivity contribution in [2.45, 2.75) is 39.2 Å². The predicted molar refractivity (Wildman–Crippen MR) is 82.4 cm³/mol. The summed E-state index contributed by atoms with van der Waals surface area (Å²) in [7, 11) is 0. The molecule has 20 heavy (non-hydrogen) atoms. The maximum atomic E-state index is 11.8. The molecule has 1 N–H and O–H groups in total. The predicted octanol–water partition coefficient (Wildman–Crippen LogP) is 4.21. The molecule has 1 rings (SSSR count). The van der Waals surface area contributed by atoms with Crippen molar-refractivity contribution < 1.29 is 9.53 Å². The van der Waals surface area contributed by atoms with Gasteiger partial charge in [-0.2, -0.15) is 0 Å². The highest BCUT2D eigenvalue weighted by atomic mass is 16.6. The second kappa shape index (κ2) is 7.53. The van der Waals surface area contributed by atoms with E-state index >= 15 is 0 Å². The molecule has 3 heteroatoms. The Kier molecular flexibility index (Phi) is 6.04. The number of nitrogens with one attached hydrogen (secondary N) is 1. The van der Waals surface area contributed by atoms with E-state index in [1.54, 1.807) is 6.08 Å². The summed E-state index contributed by atoms with van der Waals surface area (Å²) >= 11 is 0. The van der Waals surface area contributed by atoms with Gasteiger partial charge in [0.1, 0.15) is 5.60 Å². The smallest absolute Gasteiger partial charge is 0.411 e. The first-order chi connectivity index (χ1) is 9.40. The van der Waals surface area contributed by atoms with E-state index in [1.165, 1.54) is 0 Å². The molecular weight excluding hydrogens is 250 g/mol. The number of carbonyl (C=O) groups excluding carboxylic acids is 1. The molecule has 3 nitrogen and oxygen atoms in total. The van der Waals surface area contributed by atoms with E-state index < -0.39 is 11.7 Å². The lowest BCUT2D eigenvalue weighted by atomic mass is 10.1. The zero-order valence-electron chi connectivity index (χ0n) is 12.5. The second-order valence-corrected chi connectivity index (χ2v) is 5.54. The molecule has 0 aliphatic rings. The van der Waals surface area contributed by atoms with Crippen LogP contribution in [0.2, 0.25) is 0 Å². The molecule has 0 unspecified atom stereocenters. The Morgan fingerprint density at radius 3 is 2.50 bits per heavy atom. The summed E-state index contributed by atoms with van der Waals surface area (Å²) in [4.78, 5) is 11.8. The van der Waals surface area contributed by atoms with Gasteiger partial charge in [-0.1, -0.05) is 42.5 Å². The molecule has 0 saturated heterocycles. The van der Waals surface area contributed by atoms with Crippen LogP contribution in [-0.4, -0.2) is 11.7 Å². The molecule has 0 aliphatic carbocycles. The van der Waals surface area contributed by atoms with Crippen molar-refractivity contribution in [3.8, 4) is 0 Å². The van der Waals surface area contributed by atoms with Gasteiger partial charge in [0.15, 0.2) is 0 Å². The maximum Gasteiger partial charge on any atom is 0.411 e. The summed E-state index contributed by atoms with van der Waals surface area (Å²) in [6.45, 7) is 9.22. The van der Waals surface area contributed by atoms with Gasteiger partial charge in [0.05, 0.1) is 0 Å². The number of ether oxygens (including phenoxy) is 1. The van der Waals surface area contributed by atoms with Gasteiger partial charge in [0.2, 0.25) is 0 Å². The van der Waals surface area contributed by atoms with Crippen LogP contribution < -0.4 is 5.32 Å². The summed E-state index contributed by atoms with van der Waals surface area (Å²) in [6, 6.07) is 9.98. The Balaban J connectivity index is 2.70. The zero-order valence-corrected chi connectivity index (χ0v) is 12.5. The molecule has 0 fully saturated rings. The largest absolute Gasteiger partial charge is 0.444 e. The Labute approximate surface area is 121 Å². The Hall–Kier alpha value is -2.03. The van der Waals surface area contributed by atoms with Crippen LogP contribution in [0.4, 0.5) is 4.79 Å². The minimum Gasteiger partial charge on any atom is -0.444 e. The summed E-state index contributed by atoms with van der Waals surface area (Å²) in [5.74, 6) is 0. The first-order valence-corrected chi connectivity index (χ1v) is 6.74. The van der Waals surface area contributed by atoms with E-state index in [4.69, 9.17) is 4.74 Å². The molecule has 0 bridgehead atoms. The Bertz CT molecular complexity index is 470. The van der Waals surface area contributed by atoms with Gasteiger partial charge in [0.25, 0.3) is 0 Å². The van der Waals surface area contributed by atoms with Crippen LogP contribution in [0.5, 0.6) is 0 Å². The number of benzene rings is 1. The van der Waals surface area contributed by atoms with Gasteiger partial charge in [0, 0.05) is 12.1 Å². The fourth-order valence-corrected chi connectivity index (χ4v) is 1.64. The number of hydrogen-bond donors (Lipinski definition) is 1. The standard InChI is InChI=1S/C17H23NO2/c1-5-6-12-15(13-14-10-8-7-9-11-14)18-16(19)20-17(2,3)4/h5,7-12H,1,6,13H2,2-4H3,(H,18,19)/b15-12+. The fraction of sp³-hybridized carbons (Fsp3) is 0.353. The van der Waals surface area contributed by atoms with Crippen molar-refractivity contribution in [3.05, 3.63) is 60.3 Å². The van der Waals surface area contributed by atoms with Crippen LogP contribution >= 0.6 is 0 Å². The number of rotatable bonds is 5. The molecule has 0 heterocycles. The third kappa shape index (κ3) is 6.78. The molecular formula is C17H23NO2. The van der Waals surface area contributed by atoms with Crippen molar-refractivity contribution in [3.63, 3.8) is 0 Å². The van der Waals surface area contributed by atoms with E-state index in [2.05, 4.69) is 11.9 Å². The van der Waals surface area contributed by atoms with Crippen molar-refractivity contribution >= 4 is 6.09 Å². The lowest BCUT2D eigenvalue weighted by Crippen LogP contribution is -2.32. The van der Waals surface area contributed by atoms with Crippen molar-refractivity contribution in [2.24, 2.45) is 0 Å². The third-order valence-corrected chi connectivity index (χ3v) is 2.43. The number of alkyl carbamates (subject to hydrolysis) is 1. The highest BCUT2D eigenvalue weighted by Crippen LogP contribution is 2.10.